The lowest BCUT2D eigenvalue weighted by Crippen LogP contribution is -1.92. The summed E-state index contributed by atoms with van der Waals surface area (Å²) in [6.45, 7) is 0. The average molecular weight is 257 g/mol. The predicted octanol–water partition coefficient (Wildman–Crippen LogP) is 4.48. The van der Waals surface area contributed by atoms with Crippen molar-refractivity contribution in [1.82, 2.24) is 0 Å². The fourth-order valence-electron chi connectivity index (χ4n) is 2.41. The van der Waals surface area contributed by atoms with E-state index in [0.29, 0.717) is 5.56 Å². The third-order valence-corrected chi connectivity index (χ3v) is 3.32. The third-order valence-electron chi connectivity index (χ3n) is 3.32. The molecule has 1 heteroatoms. The van der Waals surface area contributed by atoms with Crippen molar-refractivity contribution in [2.75, 3.05) is 0 Å². The summed E-state index contributed by atoms with van der Waals surface area (Å²) in [4.78, 5) is 11.3. The molecule has 0 aromatic heterocycles. The van der Waals surface area contributed by atoms with E-state index in [1.165, 1.54) is 0 Å². The quantitative estimate of drug-likeness (QED) is 0.676. The SMILES string of the molecule is O=[C]c1cccc(-c2ccccc2)c1-c1ccccc1. The zero-order valence-electron chi connectivity index (χ0n) is 10.9. The molecule has 0 N–H and O–H groups in total. The predicted molar refractivity (Wildman–Crippen MR) is 82.1 cm³/mol. The van der Waals surface area contributed by atoms with Gasteiger partial charge in [0.05, 0.1) is 0 Å². The highest BCUT2D eigenvalue weighted by Crippen LogP contribution is 2.34. The zero-order valence-corrected chi connectivity index (χ0v) is 10.9. The van der Waals surface area contributed by atoms with E-state index in [-0.39, 0.29) is 0 Å². The summed E-state index contributed by atoms with van der Waals surface area (Å²) in [6, 6.07) is 25.8. The summed E-state index contributed by atoms with van der Waals surface area (Å²) in [5.74, 6) is 0. The van der Waals surface area contributed by atoms with E-state index in [0.717, 1.165) is 22.3 Å². The molecule has 0 fully saturated rings. The van der Waals surface area contributed by atoms with E-state index >= 15 is 0 Å². The number of rotatable bonds is 3. The first-order chi connectivity index (χ1) is 9.90. The van der Waals surface area contributed by atoms with E-state index < -0.39 is 0 Å². The minimum absolute atomic E-state index is 0.595. The Morgan fingerprint density at radius 1 is 0.600 bits per heavy atom. The first-order valence-corrected chi connectivity index (χ1v) is 6.52. The van der Waals surface area contributed by atoms with Crippen LogP contribution in [0, 0.1) is 0 Å². The van der Waals surface area contributed by atoms with Crippen molar-refractivity contribution in [3.05, 3.63) is 84.4 Å². The lowest BCUT2D eigenvalue weighted by atomic mass is 9.91. The molecule has 0 aliphatic carbocycles. The van der Waals surface area contributed by atoms with E-state index in [9.17, 15) is 4.79 Å². The lowest BCUT2D eigenvalue weighted by Gasteiger charge is -2.12. The van der Waals surface area contributed by atoms with Crippen LogP contribution in [-0.2, 0) is 4.79 Å². The lowest BCUT2D eigenvalue weighted by molar-refractivity contribution is 0.563. The summed E-state index contributed by atoms with van der Waals surface area (Å²) in [5, 5.41) is 0. The molecule has 3 aromatic rings. The fraction of sp³-hybridized carbons (Fsp3) is 0. The molecule has 0 saturated carbocycles. The Hall–Kier alpha value is -2.67. The van der Waals surface area contributed by atoms with Crippen LogP contribution in [0.15, 0.2) is 78.9 Å². The monoisotopic (exact) mass is 257 g/mol. The van der Waals surface area contributed by atoms with Crippen molar-refractivity contribution in [3.63, 3.8) is 0 Å². The van der Waals surface area contributed by atoms with Gasteiger partial charge in [0.25, 0.3) is 0 Å². The molecule has 20 heavy (non-hydrogen) atoms. The smallest absolute Gasteiger partial charge is 0.234 e. The molecule has 0 aliphatic heterocycles. The molecule has 0 bridgehead atoms. The minimum atomic E-state index is 0.595. The topological polar surface area (TPSA) is 17.1 Å². The molecule has 0 saturated heterocycles. The molecule has 0 amide bonds. The zero-order chi connectivity index (χ0) is 13.8. The molecule has 0 atom stereocenters. The molecule has 0 aliphatic rings. The third kappa shape index (κ3) is 2.26. The van der Waals surface area contributed by atoms with Crippen molar-refractivity contribution in [1.29, 1.82) is 0 Å². The first kappa shape index (κ1) is 12.4. The van der Waals surface area contributed by atoms with Gasteiger partial charge in [-0.2, -0.15) is 0 Å². The minimum Gasteiger partial charge on any atom is -0.285 e. The van der Waals surface area contributed by atoms with Gasteiger partial charge in [0.2, 0.25) is 6.29 Å². The maximum absolute atomic E-state index is 11.3. The van der Waals surface area contributed by atoms with Crippen LogP contribution in [0.4, 0.5) is 0 Å². The van der Waals surface area contributed by atoms with Gasteiger partial charge in [-0.05, 0) is 16.7 Å². The molecule has 1 radical (unpaired) electrons. The number of hydrogen-bond acceptors (Lipinski definition) is 1. The van der Waals surface area contributed by atoms with Crippen LogP contribution in [0.5, 0.6) is 0 Å². The molecular weight excluding hydrogens is 244 g/mol. The van der Waals surface area contributed by atoms with E-state index in [4.69, 9.17) is 0 Å². The van der Waals surface area contributed by atoms with E-state index in [1.807, 2.05) is 66.7 Å². The fourth-order valence-corrected chi connectivity index (χ4v) is 2.41. The van der Waals surface area contributed by atoms with Crippen molar-refractivity contribution in [3.8, 4) is 22.3 Å². The van der Waals surface area contributed by atoms with Gasteiger partial charge in [0.1, 0.15) is 0 Å². The normalized spacial score (nSPS) is 10.2. The number of hydrogen-bond donors (Lipinski definition) is 0. The molecule has 95 valence electrons. The Labute approximate surface area is 118 Å². The van der Waals surface area contributed by atoms with Crippen LogP contribution in [0.3, 0.4) is 0 Å². The van der Waals surface area contributed by atoms with Gasteiger partial charge in [-0.25, -0.2) is 0 Å². The van der Waals surface area contributed by atoms with Gasteiger partial charge < -0.3 is 0 Å². The average Bonchev–Trinajstić information content (AvgIpc) is 2.55. The summed E-state index contributed by atoms with van der Waals surface area (Å²) >= 11 is 0. The van der Waals surface area contributed by atoms with Crippen LogP contribution >= 0.6 is 0 Å². The van der Waals surface area contributed by atoms with Crippen molar-refractivity contribution < 1.29 is 4.79 Å². The number of carbonyl (C=O) groups excluding carboxylic acids is 1. The van der Waals surface area contributed by atoms with Crippen LogP contribution in [0.2, 0.25) is 0 Å². The molecule has 3 rings (SSSR count). The van der Waals surface area contributed by atoms with Gasteiger partial charge in [-0.3, -0.25) is 4.79 Å². The van der Waals surface area contributed by atoms with Crippen LogP contribution in [0.25, 0.3) is 22.3 Å². The highest BCUT2D eigenvalue weighted by molar-refractivity contribution is 5.95. The second-order valence-electron chi connectivity index (χ2n) is 4.56. The summed E-state index contributed by atoms with van der Waals surface area (Å²) in [5.41, 5.74) is 4.72. The van der Waals surface area contributed by atoms with Gasteiger partial charge in [-0.15, -0.1) is 0 Å². The van der Waals surface area contributed by atoms with Gasteiger partial charge in [0.15, 0.2) is 0 Å². The Balaban J connectivity index is 2.29. The highest BCUT2D eigenvalue weighted by atomic mass is 16.1. The summed E-state index contributed by atoms with van der Waals surface area (Å²) in [7, 11) is 0. The first-order valence-electron chi connectivity index (χ1n) is 6.52. The van der Waals surface area contributed by atoms with Crippen LogP contribution < -0.4 is 0 Å². The Bertz CT molecular complexity index is 715. The maximum Gasteiger partial charge on any atom is 0.234 e. The summed E-state index contributed by atoms with van der Waals surface area (Å²) in [6.07, 6.45) is 2.05. The van der Waals surface area contributed by atoms with Crippen molar-refractivity contribution in [2.24, 2.45) is 0 Å². The maximum atomic E-state index is 11.3. The second kappa shape index (κ2) is 5.54. The van der Waals surface area contributed by atoms with Gasteiger partial charge in [-0.1, -0.05) is 78.9 Å². The van der Waals surface area contributed by atoms with E-state index in [1.54, 1.807) is 0 Å². The molecule has 0 heterocycles. The molecular formula is C19H13O. The Morgan fingerprint density at radius 2 is 1.20 bits per heavy atom. The molecule has 3 aromatic carbocycles. The molecule has 0 unspecified atom stereocenters. The second-order valence-corrected chi connectivity index (χ2v) is 4.56. The van der Waals surface area contributed by atoms with Gasteiger partial charge >= 0.3 is 0 Å². The Kier molecular flexibility index (Phi) is 3.42. The molecule has 0 spiro atoms. The van der Waals surface area contributed by atoms with Crippen molar-refractivity contribution >= 4 is 6.29 Å². The standard InChI is InChI=1S/C19H13O/c20-14-17-12-7-13-18(15-8-3-1-4-9-15)19(17)16-10-5-2-6-11-16/h1-13H. The van der Waals surface area contributed by atoms with Crippen LogP contribution in [-0.4, -0.2) is 6.29 Å². The highest BCUT2D eigenvalue weighted by Gasteiger charge is 2.11. The summed E-state index contributed by atoms with van der Waals surface area (Å²) < 4.78 is 0. The van der Waals surface area contributed by atoms with E-state index in [2.05, 4.69) is 18.4 Å². The largest absolute Gasteiger partial charge is 0.285 e. The molecule has 1 nitrogen and oxygen atoms in total. The van der Waals surface area contributed by atoms with Gasteiger partial charge in [0, 0.05) is 11.1 Å². The Morgan fingerprint density at radius 3 is 1.80 bits per heavy atom. The number of benzene rings is 3. The van der Waals surface area contributed by atoms with Crippen molar-refractivity contribution in [2.45, 2.75) is 0 Å². The van der Waals surface area contributed by atoms with Crippen LogP contribution in [0.1, 0.15) is 5.56 Å².